The van der Waals surface area contributed by atoms with Crippen molar-refractivity contribution in [2.45, 2.75) is 49.3 Å². The first kappa shape index (κ1) is 15.0. The van der Waals surface area contributed by atoms with Gasteiger partial charge in [0.2, 0.25) is 0 Å². The van der Waals surface area contributed by atoms with Gasteiger partial charge in [0.1, 0.15) is 5.75 Å². The van der Waals surface area contributed by atoms with Crippen molar-refractivity contribution in [2.24, 2.45) is 0 Å². The highest BCUT2D eigenvalue weighted by molar-refractivity contribution is 7.99. The van der Waals surface area contributed by atoms with Crippen molar-refractivity contribution >= 4 is 11.8 Å². The highest BCUT2D eigenvalue weighted by atomic mass is 32.2. The second-order valence-corrected chi connectivity index (χ2v) is 6.29. The van der Waals surface area contributed by atoms with Gasteiger partial charge in [0, 0.05) is 4.90 Å². The summed E-state index contributed by atoms with van der Waals surface area (Å²) in [5, 5.41) is 10.0. The van der Waals surface area contributed by atoms with E-state index in [4.69, 9.17) is 0 Å². The molecule has 0 amide bonds. The van der Waals surface area contributed by atoms with E-state index in [-0.39, 0.29) is 0 Å². The van der Waals surface area contributed by atoms with E-state index in [9.17, 15) is 5.11 Å². The van der Waals surface area contributed by atoms with Gasteiger partial charge in [-0.15, -0.1) is 0 Å². The molecule has 0 aromatic heterocycles. The molecule has 0 spiro atoms. The van der Waals surface area contributed by atoms with Crippen LogP contribution in [0.1, 0.15) is 37.3 Å². The molecule has 0 fully saturated rings. The van der Waals surface area contributed by atoms with E-state index in [1.807, 2.05) is 12.1 Å². The minimum atomic E-state index is 0.370. The molecule has 2 aromatic carbocycles. The van der Waals surface area contributed by atoms with E-state index in [0.717, 1.165) is 16.2 Å². The number of phenols is 1. The quantitative estimate of drug-likeness (QED) is 0.699. The zero-order valence-corrected chi connectivity index (χ0v) is 13.0. The fraction of sp³-hybridized carbons (Fsp3) is 0.333. The first-order valence-electron chi connectivity index (χ1n) is 7.25. The minimum absolute atomic E-state index is 0.370. The number of hydrogen-bond acceptors (Lipinski definition) is 2. The lowest BCUT2D eigenvalue weighted by atomic mass is 10.1. The lowest BCUT2D eigenvalue weighted by Crippen LogP contribution is -1.86. The van der Waals surface area contributed by atoms with Gasteiger partial charge in [-0.1, -0.05) is 55.3 Å². The molecule has 2 rings (SSSR count). The van der Waals surface area contributed by atoms with Crippen LogP contribution >= 0.6 is 11.8 Å². The average molecular weight is 286 g/mol. The number of benzene rings is 2. The molecule has 2 heteroatoms. The first-order chi connectivity index (χ1) is 9.69. The summed E-state index contributed by atoms with van der Waals surface area (Å²) < 4.78 is 0. The molecule has 0 bridgehead atoms. The summed E-state index contributed by atoms with van der Waals surface area (Å²) in [7, 11) is 0. The lowest BCUT2D eigenvalue weighted by Gasteiger charge is -2.08. The molecule has 0 aliphatic rings. The zero-order valence-electron chi connectivity index (χ0n) is 12.2. The Morgan fingerprint density at radius 3 is 2.45 bits per heavy atom. The maximum absolute atomic E-state index is 10.0. The number of aromatic hydroxyl groups is 1. The molecule has 0 unspecified atom stereocenters. The van der Waals surface area contributed by atoms with Gasteiger partial charge in [-0.25, -0.2) is 0 Å². The van der Waals surface area contributed by atoms with Crippen LogP contribution in [0.5, 0.6) is 5.75 Å². The second-order valence-electron chi connectivity index (χ2n) is 5.17. The Kier molecular flexibility index (Phi) is 5.54. The largest absolute Gasteiger partial charge is 0.507 e. The van der Waals surface area contributed by atoms with E-state index >= 15 is 0 Å². The van der Waals surface area contributed by atoms with Gasteiger partial charge in [-0.2, -0.15) is 0 Å². The summed E-state index contributed by atoms with van der Waals surface area (Å²) in [5.41, 5.74) is 2.57. The topological polar surface area (TPSA) is 20.2 Å². The molecule has 106 valence electrons. The van der Waals surface area contributed by atoms with Crippen LogP contribution in [0.2, 0.25) is 0 Å². The van der Waals surface area contributed by atoms with Crippen molar-refractivity contribution in [3.8, 4) is 5.75 Å². The van der Waals surface area contributed by atoms with Gasteiger partial charge in [-0.3, -0.25) is 0 Å². The van der Waals surface area contributed by atoms with E-state index in [1.165, 1.54) is 30.4 Å². The highest BCUT2D eigenvalue weighted by Gasteiger charge is 2.05. The van der Waals surface area contributed by atoms with Gasteiger partial charge < -0.3 is 5.11 Å². The van der Waals surface area contributed by atoms with Crippen molar-refractivity contribution in [3.63, 3.8) is 0 Å². The van der Waals surface area contributed by atoms with Crippen LogP contribution in [0.3, 0.4) is 0 Å². The van der Waals surface area contributed by atoms with Crippen LogP contribution in [0.25, 0.3) is 0 Å². The summed E-state index contributed by atoms with van der Waals surface area (Å²) in [5.74, 6) is 0.370. The molecule has 0 heterocycles. The van der Waals surface area contributed by atoms with Gasteiger partial charge in [0.15, 0.2) is 0 Å². The smallest absolute Gasteiger partial charge is 0.129 e. The van der Waals surface area contributed by atoms with Crippen molar-refractivity contribution in [1.82, 2.24) is 0 Å². The Bertz CT molecular complexity index is 546. The van der Waals surface area contributed by atoms with E-state index < -0.39 is 0 Å². The SMILES string of the molecule is CCCCCc1ccc(O)c(Sc2ccc(C)cc2)c1. The molecule has 20 heavy (non-hydrogen) atoms. The summed E-state index contributed by atoms with van der Waals surface area (Å²) in [6.07, 6.45) is 4.82. The molecule has 0 aliphatic heterocycles. The molecule has 1 nitrogen and oxygen atoms in total. The third-order valence-corrected chi connectivity index (χ3v) is 4.40. The van der Waals surface area contributed by atoms with Crippen LogP contribution in [0.15, 0.2) is 52.3 Å². The van der Waals surface area contributed by atoms with E-state index in [1.54, 1.807) is 11.8 Å². The molecule has 0 radical (unpaired) electrons. The monoisotopic (exact) mass is 286 g/mol. The maximum Gasteiger partial charge on any atom is 0.129 e. The molecule has 1 N–H and O–H groups in total. The highest BCUT2D eigenvalue weighted by Crippen LogP contribution is 2.35. The Balaban J connectivity index is 2.09. The van der Waals surface area contributed by atoms with Crippen LogP contribution in [0.4, 0.5) is 0 Å². The van der Waals surface area contributed by atoms with Gasteiger partial charge in [0.25, 0.3) is 0 Å². The minimum Gasteiger partial charge on any atom is -0.507 e. The predicted molar refractivity (Wildman–Crippen MR) is 86.6 cm³/mol. The lowest BCUT2D eigenvalue weighted by molar-refractivity contribution is 0.462. The molecule has 2 aromatic rings. The van der Waals surface area contributed by atoms with Crippen LogP contribution in [-0.2, 0) is 6.42 Å². The van der Waals surface area contributed by atoms with Crippen molar-refractivity contribution < 1.29 is 5.11 Å². The summed E-state index contributed by atoms with van der Waals surface area (Å²) in [4.78, 5) is 2.11. The van der Waals surface area contributed by atoms with E-state index in [2.05, 4.69) is 44.2 Å². The molecular weight excluding hydrogens is 264 g/mol. The average Bonchev–Trinajstić information content (AvgIpc) is 2.45. The maximum atomic E-state index is 10.0. The van der Waals surface area contributed by atoms with Crippen molar-refractivity contribution in [2.75, 3.05) is 0 Å². The summed E-state index contributed by atoms with van der Waals surface area (Å²) in [6.45, 7) is 4.30. The molecule has 0 saturated heterocycles. The first-order valence-corrected chi connectivity index (χ1v) is 8.07. The number of rotatable bonds is 6. The van der Waals surface area contributed by atoms with Crippen molar-refractivity contribution in [1.29, 1.82) is 0 Å². The Hall–Kier alpha value is -1.41. The van der Waals surface area contributed by atoms with Crippen LogP contribution < -0.4 is 0 Å². The standard InChI is InChI=1S/C18H22OS/c1-3-4-5-6-15-9-12-17(19)18(13-15)20-16-10-7-14(2)8-11-16/h7-13,19H,3-6H2,1-2H3. The second kappa shape index (κ2) is 7.39. The Morgan fingerprint density at radius 1 is 1.00 bits per heavy atom. The van der Waals surface area contributed by atoms with Gasteiger partial charge in [0.05, 0.1) is 4.90 Å². The summed E-state index contributed by atoms with van der Waals surface area (Å²) >= 11 is 1.63. The Morgan fingerprint density at radius 2 is 1.75 bits per heavy atom. The fourth-order valence-corrected chi connectivity index (χ4v) is 3.02. The van der Waals surface area contributed by atoms with Gasteiger partial charge in [-0.05, 0) is 49.6 Å². The fourth-order valence-electron chi connectivity index (χ4n) is 2.11. The van der Waals surface area contributed by atoms with Crippen LogP contribution in [-0.4, -0.2) is 5.11 Å². The van der Waals surface area contributed by atoms with E-state index in [0.29, 0.717) is 5.75 Å². The molecule has 0 aliphatic carbocycles. The molecule has 0 atom stereocenters. The Labute approximate surface area is 126 Å². The zero-order chi connectivity index (χ0) is 14.4. The molecule has 0 saturated carbocycles. The van der Waals surface area contributed by atoms with Crippen molar-refractivity contribution in [3.05, 3.63) is 53.6 Å². The van der Waals surface area contributed by atoms with Crippen LogP contribution in [0, 0.1) is 6.92 Å². The normalized spacial score (nSPS) is 10.7. The third kappa shape index (κ3) is 4.31. The number of unbranched alkanes of at least 4 members (excludes halogenated alkanes) is 2. The predicted octanol–water partition coefficient (Wildman–Crippen LogP) is 5.58. The van der Waals surface area contributed by atoms with Gasteiger partial charge >= 0.3 is 0 Å². The number of hydrogen-bond donors (Lipinski definition) is 1. The number of phenolic OH excluding ortho intramolecular Hbond substituents is 1. The molecular formula is C18H22OS. The summed E-state index contributed by atoms with van der Waals surface area (Å²) in [6, 6.07) is 14.4. The number of aryl methyl sites for hydroxylation is 2. The third-order valence-electron chi connectivity index (χ3n) is 3.34.